The molecule has 34 heavy (non-hydrogen) atoms. The maximum atomic E-state index is 12.8. The zero-order valence-corrected chi connectivity index (χ0v) is 20.3. The second kappa shape index (κ2) is 16.3. The number of nitrogens with one attached hydrogen (secondary N) is 2. The molecule has 0 saturated heterocycles. The molecule has 0 rings (SSSR count). The Bertz CT molecular complexity index is 733. The second-order valence-corrected chi connectivity index (χ2v) is 10.1. The second-order valence-electron chi connectivity index (χ2n) is 7.96. The molecule has 0 aromatic carbocycles. The number of carbonyl (C=O) groups is 4. The van der Waals surface area contributed by atoms with E-state index < -0.39 is 58.8 Å². The van der Waals surface area contributed by atoms with Gasteiger partial charge in [-0.05, 0) is 53.0 Å². The Morgan fingerprint density at radius 3 is 1.47 bits per heavy atom. The molecule has 6 N–H and O–H groups in total. The lowest BCUT2D eigenvalue weighted by Gasteiger charge is -2.23. The maximum absolute atomic E-state index is 12.8. The van der Waals surface area contributed by atoms with Gasteiger partial charge in [0.1, 0.15) is 12.1 Å². The van der Waals surface area contributed by atoms with E-state index in [1.807, 2.05) is 19.0 Å². The Kier molecular flexibility index (Phi) is 15.2. The van der Waals surface area contributed by atoms with Gasteiger partial charge in [-0.15, -0.1) is 0 Å². The molecule has 0 aromatic rings. The van der Waals surface area contributed by atoms with Crippen LogP contribution in [0.1, 0.15) is 32.1 Å². The number of rotatable bonds is 21. The van der Waals surface area contributed by atoms with E-state index in [1.165, 1.54) is 4.31 Å². The van der Waals surface area contributed by atoms with Crippen LogP contribution in [0.15, 0.2) is 0 Å². The summed E-state index contributed by atoms with van der Waals surface area (Å²) >= 11 is 0. The normalized spacial score (nSPS) is 13.6. The number of aliphatic carboxylic acids is 4. The predicted octanol–water partition coefficient (Wildman–Crippen LogP) is -1.61. The number of sulfonamides is 1. The zero-order chi connectivity index (χ0) is 26.3. The summed E-state index contributed by atoms with van der Waals surface area (Å²) in [7, 11) is -0.0335. The van der Waals surface area contributed by atoms with Crippen molar-refractivity contribution in [3.8, 4) is 0 Å². The summed E-state index contributed by atoms with van der Waals surface area (Å²) in [5, 5.41) is 40.9. The molecule has 0 heterocycles. The molecular weight excluding hydrogens is 476 g/mol. The molecule has 198 valence electrons. The summed E-state index contributed by atoms with van der Waals surface area (Å²) in [4.78, 5) is 45.6. The summed E-state index contributed by atoms with van der Waals surface area (Å²) in [5.41, 5.74) is 0. The topological polar surface area (TPSA) is 214 Å². The molecule has 0 amide bonds. The molecule has 0 spiro atoms. The van der Waals surface area contributed by atoms with E-state index in [0.717, 1.165) is 0 Å². The molecule has 15 heteroatoms. The van der Waals surface area contributed by atoms with Crippen molar-refractivity contribution < 1.29 is 48.0 Å². The zero-order valence-electron chi connectivity index (χ0n) is 19.5. The third-order valence-corrected chi connectivity index (χ3v) is 6.66. The third kappa shape index (κ3) is 14.7. The summed E-state index contributed by atoms with van der Waals surface area (Å²) in [6, 6.07) is -2.59. The van der Waals surface area contributed by atoms with Crippen molar-refractivity contribution in [3.63, 3.8) is 0 Å². The van der Waals surface area contributed by atoms with E-state index in [2.05, 4.69) is 10.6 Å². The van der Waals surface area contributed by atoms with E-state index in [1.54, 1.807) is 0 Å². The Labute approximate surface area is 199 Å². The molecule has 0 aromatic heterocycles. The molecule has 0 radical (unpaired) electrons. The fourth-order valence-corrected chi connectivity index (χ4v) is 4.56. The maximum Gasteiger partial charge on any atom is 0.321 e. The number of nitrogens with zero attached hydrogens (tertiary/aromatic N) is 2. The van der Waals surface area contributed by atoms with Gasteiger partial charge in [-0.3, -0.25) is 19.2 Å². The Balaban J connectivity index is 4.95. The highest BCUT2D eigenvalue weighted by molar-refractivity contribution is 7.89. The van der Waals surface area contributed by atoms with Crippen LogP contribution in [-0.4, -0.2) is 127 Å². The van der Waals surface area contributed by atoms with Crippen LogP contribution in [0.25, 0.3) is 0 Å². The lowest BCUT2D eigenvalue weighted by Crippen LogP contribution is -2.42. The molecule has 2 unspecified atom stereocenters. The lowest BCUT2D eigenvalue weighted by molar-refractivity contribution is -0.145. The number of carboxylic acid groups (broad SMARTS) is 4. The first kappa shape index (κ1) is 31.7. The first-order chi connectivity index (χ1) is 15.8. The Hall–Kier alpha value is -2.33. The highest BCUT2D eigenvalue weighted by Gasteiger charge is 2.24. The van der Waals surface area contributed by atoms with Crippen molar-refractivity contribution in [2.24, 2.45) is 0 Å². The van der Waals surface area contributed by atoms with Gasteiger partial charge >= 0.3 is 23.9 Å². The molecule has 0 bridgehead atoms. The van der Waals surface area contributed by atoms with Crippen molar-refractivity contribution in [3.05, 3.63) is 0 Å². The van der Waals surface area contributed by atoms with Gasteiger partial charge in [0.05, 0.1) is 18.6 Å². The van der Waals surface area contributed by atoms with Gasteiger partial charge in [-0.25, -0.2) is 12.7 Å². The smallest absolute Gasteiger partial charge is 0.321 e. The highest BCUT2D eigenvalue weighted by atomic mass is 32.2. The monoisotopic (exact) mass is 512 g/mol. The standard InChI is InChI=1S/C19H36N4O10S/c1-22(2)8-5-11-34(32,33)23(9-3-6-20-14(18(28)29)12-16(24)25)10-4-7-21-15(19(30)31)13-17(26)27/h14-15,20-21H,3-13H2,1-2H3,(H,24,25)(H,26,27)(H,28,29)(H,30,31). The van der Waals surface area contributed by atoms with E-state index in [9.17, 15) is 27.6 Å². The van der Waals surface area contributed by atoms with E-state index in [0.29, 0.717) is 13.0 Å². The molecular formula is C19H36N4O10S. The molecule has 0 aliphatic carbocycles. The minimum Gasteiger partial charge on any atom is -0.481 e. The van der Waals surface area contributed by atoms with Gasteiger partial charge in [0.2, 0.25) is 10.0 Å². The van der Waals surface area contributed by atoms with E-state index in [-0.39, 0.29) is 44.8 Å². The SMILES string of the molecule is CN(C)CCCS(=O)(=O)N(CCCNC(CC(=O)O)C(=O)O)CCCNC(CC(=O)O)C(=O)O. The quantitative estimate of drug-likeness (QED) is 0.0955. The van der Waals surface area contributed by atoms with Crippen molar-refractivity contribution in [2.45, 2.75) is 44.2 Å². The first-order valence-corrected chi connectivity index (χ1v) is 12.4. The summed E-state index contributed by atoms with van der Waals surface area (Å²) in [6.07, 6.45) is -0.397. The van der Waals surface area contributed by atoms with Gasteiger partial charge in [0.15, 0.2) is 0 Å². The van der Waals surface area contributed by atoms with Crippen LogP contribution < -0.4 is 10.6 Å². The van der Waals surface area contributed by atoms with Crippen LogP contribution >= 0.6 is 0 Å². The largest absolute Gasteiger partial charge is 0.481 e. The Morgan fingerprint density at radius 2 is 1.15 bits per heavy atom. The van der Waals surface area contributed by atoms with Crippen LogP contribution in [0.3, 0.4) is 0 Å². The average Bonchev–Trinajstić information content (AvgIpc) is 2.69. The van der Waals surface area contributed by atoms with Crippen LogP contribution in [-0.2, 0) is 29.2 Å². The molecule has 0 aliphatic rings. The number of hydrogen-bond acceptors (Lipinski definition) is 9. The Morgan fingerprint density at radius 1 is 0.735 bits per heavy atom. The fourth-order valence-electron chi connectivity index (χ4n) is 2.99. The molecule has 0 aliphatic heterocycles. The van der Waals surface area contributed by atoms with E-state index >= 15 is 0 Å². The van der Waals surface area contributed by atoms with Crippen molar-refractivity contribution in [1.29, 1.82) is 0 Å². The van der Waals surface area contributed by atoms with Crippen LogP contribution in [0, 0.1) is 0 Å². The van der Waals surface area contributed by atoms with Gasteiger partial charge in [0.25, 0.3) is 0 Å². The van der Waals surface area contributed by atoms with Gasteiger partial charge in [0, 0.05) is 13.1 Å². The minimum absolute atomic E-state index is 0.0498. The molecule has 2 atom stereocenters. The molecule has 14 nitrogen and oxygen atoms in total. The molecule has 0 saturated carbocycles. The van der Waals surface area contributed by atoms with Crippen LogP contribution in [0.5, 0.6) is 0 Å². The van der Waals surface area contributed by atoms with Crippen LogP contribution in [0.2, 0.25) is 0 Å². The highest BCUT2D eigenvalue weighted by Crippen LogP contribution is 2.07. The first-order valence-electron chi connectivity index (χ1n) is 10.7. The van der Waals surface area contributed by atoms with Gasteiger partial charge in [-0.1, -0.05) is 0 Å². The minimum atomic E-state index is -3.66. The average molecular weight is 513 g/mol. The fraction of sp³-hybridized carbons (Fsp3) is 0.789. The third-order valence-electron chi connectivity index (χ3n) is 4.70. The lowest BCUT2D eigenvalue weighted by atomic mass is 10.2. The van der Waals surface area contributed by atoms with Crippen molar-refractivity contribution >= 4 is 33.9 Å². The van der Waals surface area contributed by atoms with E-state index in [4.69, 9.17) is 20.4 Å². The summed E-state index contributed by atoms with van der Waals surface area (Å²) < 4.78 is 26.8. The number of carboxylic acids is 4. The molecule has 0 fully saturated rings. The number of hydrogen-bond donors (Lipinski definition) is 6. The summed E-state index contributed by atoms with van der Waals surface area (Å²) in [6.45, 7) is 0.807. The van der Waals surface area contributed by atoms with Gasteiger partial charge < -0.3 is 36.0 Å². The van der Waals surface area contributed by atoms with Crippen molar-refractivity contribution in [1.82, 2.24) is 19.8 Å². The summed E-state index contributed by atoms with van der Waals surface area (Å²) in [5.74, 6) is -5.31. The van der Waals surface area contributed by atoms with Gasteiger partial charge in [-0.2, -0.15) is 0 Å². The van der Waals surface area contributed by atoms with Crippen molar-refractivity contribution in [2.75, 3.05) is 52.6 Å². The predicted molar refractivity (Wildman–Crippen MR) is 121 cm³/mol. The van der Waals surface area contributed by atoms with Crippen LogP contribution in [0.4, 0.5) is 0 Å².